The summed E-state index contributed by atoms with van der Waals surface area (Å²) >= 11 is 0. The van der Waals surface area contributed by atoms with E-state index in [4.69, 9.17) is 0 Å². The minimum absolute atomic E-state index is 0. The minimum atomic E-state index is 0. The predicted octanol–water partition coefficient (Wildman–Crippen LogP) is 1.91. The Morgan fingerprint density at radius 1 is 1.33 bits per heavy atom. The van der Waals surface area contributed by atoms with Gasteiger partial charge in [-0.2, -0.15) is 0 Å². The van der Waals surface area contributed by atoms with Crippen molar-refractivity contribution in [2.45, 2.75) is 21.3 Å². The van der Waals surface area contributed by atoms with Crippen LogP contribution in [0.3, 0.4) is 0 Å². The Labute approximate surface area is 79.3 Å². The molecule has 0 aromatic carbocycles. The standard InChI is InChI=1S/C5H12N.2CH4.Sn.H2/c1-4-5-6(2)3;;;;/h1,4-5H2,2-3H3;2*1H4;;1H. The van der Waals surface area contributed by atoms with Crippen molar-refractivity contribution in [1.29, 1.82) is 0 Å². The molecule has 1 nitrogen and oxygen atoms in total. The Hall–Kier alpha value is 0.759. The van der Waals surface area contributed by atoms with Crippen LogP contribution in [-0.2, 0) is 0 Å². The zero-order valence-electron chi connectivity index (χ0n) is 5.07. The van der Waals surface area contributed by atoms with Crippen LogP contribution in [0.15, 0.2) is 0 Å². The molecule has 0 fully saturated rings. The molecule has 0 saturated carbocycles. The molecule has 0 saturated heterocycles. The maximum absolute atomic E-state index is 3.68. The third-order valence-electron chi connectivity index (χ3n) is 0.605. The summed E-state index contributed by atoms with van der Waals surface area (Å²) in [5, 5.41) is 0. The van der Waals surface area contributed by atoms with E-state index in [0.29, 0.717) is 0 Å². The number of hydrogen-bond acceptors (Lipinski definition) is 1. The van der Waals surface area contributed by atoms with Crippen LogP contribution in [0.25, 0.3) is 0 Å². The fourth-order valence-corrected chi connectivity index (χ4v) is 0.316. The van der Waals surface area contributed by atoms with E-state index in [9.17, 15) is 0 Å². The van der Waals surface area contributed by atoms with Crippen LogP contribution >= 0.6 is 0 Å². The quantitative estimate of drug-likeness (QED) is 0.665. The predicted molar refractivity (Wildman–Crippen MR) is 49.9 cm³/mol. The van der Waals surface area contributed by atoms with Crippen molar-refractivity contribution in [2.24, 2.45) is 0 Å². The maximum atomic E-state index is 3.68. The molecule has 0 aromatic rings. The summed E-state index contributed by atoms with van der Waals surface area (Å²) in [7, 11) is 4.09. The number of rotatable bonds is 2. The summed E-state index contributed by atoms with van der Waals surface area (Å²) in [6.07, 6.45) is 1.01. The van der Waals surface area contributed by atoms with Crippen molar-refractivity contribution in [3.8, 4) is 0 Å². The molecule has 0 heterocycles. The molecule has 0 aliphatic rings. The third-order valence-corrected chi connectivity index (χ3v) is 0.605. The Kier molecular flexibility index (Phi) is 39.9. The summed E-state index contributed by atoms with van der Waals surface area (Å²) in [4.78, 5) is 2.12. The van der Waals surface area contributed by atoms with E-state index in [1.165, 1.54) is 0 Å². The molecule has 5 radical (unpaired) electrons. The second-order valence-electron chi connectivity index (χ2n) is 1.66. The molecular formula is C7H22NSn. The summed E-state index contributed by atoms with van der Waals surface area (Å²) in [5.41, 5.74) is 0. The Morgan fingerprint density at radius 2 is 1.67 bits per heavy atom. The first kappa shape index (κ1) is 22.6. The number of hydrogen-bond donors (Lipinski definition) is 0. The van der Waals surface area contributed by atoms with Gasteiger partial charge in [0.2, 0.25) is 0 Å². The van der Waals surface area contributed by atoms with E-state index in [1.54, 1.807) is 0 Å². The summed E-state index contributed by atoms with van der Waals surface area (Å²) in [6, 6.07) is 0. The van der Waals surface area contributed by atoms with Crippen molar-refractivity contribution >= 4 is 23.9 Å². The number of nitrogens with zero attached hydrogens (tertiary/aromatic N) is 1. The largest absolute Gasteiger partial charge is 0.309 e. The second-order valence-corrected chi connectivity index (χ2v) is 1.66. The average molecular weight is 239 g/mol. The second kappa shape index (κ2) is 15.9. The summed E-state index contributed by atoms with van der Waals surface area (Å²) < 4.78 is 0. The first-order chi connectivity index (χ1) is 2.77. The van der Waals surface area contributed by atoms with Gasteiger partial charge in [-0.3, -0.25) is 0 Å². The van der Waals surface area contributed by atoms with Gasteiger partial charge in [-0.1, -0.05) is 21.8 Å². The Bertz CT molecular complexity index is 34.8. The smallest absolute Gasteiger partial charge is 0 e. The van der Waals surface area contributed by atoms with Crippen LogP contribution in [0.1, 0.15) is 22.7 Å². The van der Waals surface area contributed by atoms with Crippen LogP contribution in [0.4, 0.5) is 0 Å². The molecule has 59 valence electrons. The Balaban J connectivity index is -0.0000000208. The van der Waals surface area contributed by atoms with Gasteiger partial charge in [0, 0.05) is 25.3 Å². The summed E-state index contributed by atoms with van der Waals surface area (Å²) in [6.45, 7) is 4.78. The molecule has 0 aliphatic heterocycles. The van der Waals surface area contributed by atoms with E-state index in [0.717, 1.165) is 13.0 Å². The van der Waals surface area contributed by atoms with Gasteiger partial charge in [-0.15, -0.1) is 0 Å². The van der Waals surface area contributed by atoms with Crippen molar-refractivity contribution < 1.29 is 1.43 Å². The topological polar surface area (TPSA) is 3.24 Å². The fraction of sp³-hybridized carbons (Fsp3) is 0.857. The van der Waals surface area contributed by atoms with E-state index in [2.05, 4.69) is 11.8 Å². The minimum Gasteiger partial charge on any atom is -0.309 e. The summed E-state index contributed by atoms with van der Waals surface area (Å²) in [5.74, 6) is 0. The van der Waals surface area contributed by atoms with Crippen molar-refractivity contribution in [3.05, 3.63) is 6.92 Å². The molecule has 0 N–H and O–H groups in total. The van der Waals surface area contributed by atoms with Gasteiger partial charge in [0.1, 0.15) is 0 Å². The molecule has 0 amide bonds. The molecule has 0 spiro atoms. The molecule has 0 aromatic heterocycles. The van der Waals surface area contributed by atoms with Gasteiger partial charge in [0.05, 0.1) is 0 Å². The van der Waals surface area contributed by atoms with Crippen LogP contribution in [0, 0.1) is 6.92 Å². The first-order valence-electron chi connectivity index (χ1n) is 2.21. The Morgan fingerprint density at radius 3 is 1.67 bits per heavy atom. The van der Waals surface area contributed by atoms with Gasteiger partial charge in [-0.05, 0) is 27.1 Å². The van der Waals surface area contributed by atoms with E-state index in [1.807, 2.05) is 14.1 Å². The zero-order valence-corrected chi connectivity index (χ0v) is 7.92. The SMILES string of the molecule is C.C.[CH2]CCN(C)C.[HH].[Sn]. The molecule has 0 bridgehead atoms. The van der Waals surface area contributed by atoms with Crippen molar-refractivity contribution in [2.75, 3.05) is 20.6 Å². The van der Waals surface area contributed by atoms with E-state index >= 15 is 0 Å². The normalized spacial score (nSPS) is 6.67. The average Bonchev–Trinajstić information content (AvgIpc) is 1.35. The molecular weight excluding hydrogens is 217 g/mol. The fourth-order valence-electron chi connectivity index (χ4n) is 0.316. The van der Waals surface area contributed by atoms with Crippen LogP contribution in [0.2, 0.25) is 0 Å². The maximum Gasteiger partial charge on any atom is 0 e. The van der Waals surface area contributed by atoms with Gasteiger partial charge in [0.25, 0.3) is 0 Å². The molecule has 2 heteroatoms. The van der Waals surface area contributed by atoms with Crippen LogP contribution < -0.4 is 0 Å². The monoisotopic (exact) mass is 240 g/mol. The van der Waals surface area contributed by atoms with Gasteiger partial charge in [0.15, 0.2) is 0 Å². The van der Waals surface area contributed by atoms with Gasteiger partial charge < -0.3 is 4.90 Å². The zero-order chi connectivity index (χ0) is 4.99. The molecule has 0 aliphatic carbocycles. The molecule has 0 rings (SSSR count). The van der Waals surface area contributed by atoms with Crippen LogP contribution in [-0.4, -0.2) is 49.4 Å². The van der Waals surface area contributed by atoms with E-state index < -0.39 is 0 Å². The third kappa shape index (κ3) is 28.3. The van der Waals surface area contributed by atoms with Crippen molar-refractivity contribution in [1.82, 2.24) is 4.90 Å². The van der Waals surface area contributed by atoms with Gasteiger partial charge >= 0.3 is 0 Å². The molecule has 9 heavy (non-hydrogen) atoms. The van der Waals surface area contributed by atoms with Crippen LogP contribution in [0.5, 0.6) is 0 Å². The van der Waals surface area contributed by atoms with Crippen molar-refractivity contribution in [3.63, 3.8) is 0 Å². The molecule has 0 atom stereocenters. The van der Waals surface area contributed by atoms with E-state index in [-0.39, 0.29) is 40.2 Å². The van der Waals surface area contributed by atoms with Gasteiger partial charge in [-0.25, -0.2) is 0 Å². The first-order valence-corrected chi connectivity index (χ1v) is 2.21. The molecule has 0 unspecified atom stereocenters.